The van der Waals surface area contributed by atoms with E-state index in [1.54, 1.807) is 0 Å². The highest BCUT2D eigenvalue weighted by atomic mass is 19.4. The monoisotopic (exact) mass is 214 g/mol. The Morgan fingerprint density at radius 1 is 0.923 bits per heavy atom. The first kappa shape index (κ1) is 11.8. The van der Waals surface area contributed by atoms with Gasteiger partial charge >= 0.3 is 18.9 Å². The number of rotatable bonds is 1. The average molecular weight is 214 g/mol. The Balaban J connectivity index is 3.78. The number of hydrogen-bond donors (Lipinski definition) is 0. The molecule has 0 atom stereocenters. The van der Waals surface area contributed by atoms with Crippen LogP contribution in [-0.2, 0) is 14.5 Å². The van der Waals surface area contributed by atoms with Crippen molar-refractivity contribution in [2.75, 3.05) is 0 Å². The summed E-state index contributed by atoms with van der Waals surface area (Å²) < 4.78 is 68.6. The van der Waals surface area contributed by atoms with Crippen molar-refractivity contribution in [2.24, 2.45) is 0 Å². The molecule has 0 heterocycles. The van der Waals surface area contributed by atoms with E-state index in [2.05, 4.69) is 14.5 Å². The van der Waals surface area contributed by atoms with Gasteiger partial charge in [-0.15, -0.1) is 26.3 Å². The third kappa shape index (κ3) is 8.72. The van der Waals surface area contributed by atoms with E-state index >= 15 is 0 Å². The Hall–Kier alpha value is -1.19. The smallest absolute Gasteiger partial charge is 0.338 e. The van der Waals surface area contributed by atoms with Crippen molar-refractivity contribution in [1.82, 2.24) is 0 Å². The molecule has 0 saturated heterocycles. The zero-order valence-corrected chi connectivity index (χ0v) is 5.40. The van der Waals surface area contributed by atoms with Gasteiger partial charge < -0.3 is 4.74 Å². The molecule has 10 heteroatoms. The van der Waals surface area contributed by atoms with E-state index in [9.17, 15) is 31.1 Å². The van der Waals surface area contributed by atoms with Crippen molar-refractivity contribution in [3.05, 3.63) is 0 Å². The average Bonchev–Trinajstić information content (AvgIpc) is 1.78. The van der Waals surface area contributed by atoms with Crippen LogP contribution >= 0.6 is 0 Å². The van der Waals surface area contributed by atoms with Crippen LogP contribution in [0.1, 0.15) is 0 Å². The first-order valence-electron chi connectivity index (χ1n) is 2.32. The van der Waals surface area contributed by atoms with E-state index in [4.69, 9.17) is 0 Å². The van der Waals surface area contributed by atoms with E-state index in [1.807, 2.05) is 0 Å². The first-order valence-corrected chi connectivity index (χ1v) is 2.32. The van der Waals surface area contributed by atoms with Crippen molar-refractivity contribution in [3.8, 4) is 0 Å². The van der Waals surface area contributed by atoms with Crippen LogP contribution in [0.4, 0.5) is 31.1 Å². The normalized spacial score (nSPS) is 12.5. The fraction of sp³-hybridized carbons (Fsp3) is 0.667. The molecular formula is C3F6O4. The Morgan fingerprint density at radius 2 is 1.38 bits per heavy atom. The van der Waals surface area contributed by atoms with Crippen LogP contribution in [0.5, 0.6) is 0 Å². The van der Waals surface area contributed by atoms with Crippen LogP contribution in [0.15, 0.2) is 0 Å². The number of halogens is 6. The van der Waals surface area contributed by atoms with Gasteiger partial charge in [-0.05, 0) is 0 Å². The van der Waals surface area contributed by atoms with Gasteiger partial charge in [0.2, 0.25) is 0 Å². The minimum atomic E-state index is -5.42. The second-order valence-corrected chi connectivity index (χ2v) is 1.41. The molecule has 0 fully saturated rings. The Kier molecular flexibility index (Phi) is 3.34. The number of carbonyl (C=O) groups is 1. The molecule has 0 rings (SSSR count). The van der Waals surface area contributed by atoms with Gasteiger partial charge in [-0.1, -0.05) is 4.89 Å². The fourth-order valence-electron chi connectivity index (χ4n) is 0.193. The lowest BCUT2D eigenvalue weighted by Gasteiger charge is -2.07. The lowest BCUT2D eigenvalue weighted by atomic mass is 11.2. The van der Waals surface area contributed by atoms with E-state index in [1.165, 1.54) is 0 Å². The van der Waals surface area contributed by atoms with Gasteiger partial charge in [0, 0.05) is 0 Å². The maximum Gasteiger partial charge on any atom is 0.577 e. The topological polar surface area (TPSA) is 44.8 Å². The van der Waals surface area contributed by atoms with Crippen LogP contribution in [0.3, 0.4) is 0 Å². The summed E-state index contributed by atoms with van der Waals surface area (Å²) in [5, 5.41) is 0. The summed E-state index contributed by atoms with van der Waals surface area (Å²) in [6.07, 6.45) is -13.5. The van der Waals surface area contributed by atoms with Crippen molar-refractivity contribution >= 4 is 6.16 Å². The molecule has 0 saturated carbocycles. The lowest BCUT2D eigenvalue weighted by molar-refractivity contribution is -0.468. The number of alkyl halides is 6. The molecule has 0 bridgehead atoms. The molecule has 0 aliphatic rings. The van der Waals surface area contributed by atoms with Gasteiger partial charge in [0.05, 0.1) is 0 Å². The van der Waals surface area contributed by atoms with E-state index in [0.29, 0.717) is 0 Å². The van der Waals surface area contributed by atoms with Gasteiger partial charge in [0.1, 0.15) is 0 Å². The van der Waals surface area contributed by atoms with E-state index in [-0.39, 0.29) is 0 Å². The largest absolute Gasteiger partial charge is 0.577 e. The quantitative estimate of drug-likeness (QED) is 0.290. The molecule has 0 aliphatic heterocycles. The second-order valence-electron chi connectivity index (χ2n) is 1.41. The van der Waals surface area contributed by atoms with Crippen LogP contribution in [0.2, 0.25) is 0 Å². The van der Waals surface area contributed by atoms with Crippen molar-refractivity contribution in [2.45, 2.75) is 12.7 Å². The SMILES string of the molecule is O=C(OOC(F)(F)F)OC(F)(F)F. The molecule has 13 heavy (non-hydrogen) atoms. The van der Waals surface area contributed by atoms with Crippen LogP contribution < -0.4 is 0 Å². The zero-order chi connectivity index (χ0) is 10.7. The summed E-state index contributed by atoms with van der Waals surface area (Å²) in [7, 11) is 0. The Bertz CT molecular complexity index is 181. The van der Waals surface area contributed by atoms with Gasteiger partial charge in [0.15, 0.2) is 0 Å². The minimum Gasteiger partial charge on any atom is -0.338 e. The summed E-state index contributed by atoms with van der Waals surface area (Å²) in [6.45, 7) is 0. The summed E-state index contributed by atoms with van der Waals surface area (Å²) in [4.78, 5) is 14.6. The Labute approximate surface area is 65.9 Å². The van der Waals surface area contributed by atoms with Crippen molar-refractivity contribution < 1.29 is 45.6 Å². The van der Waals surface area contributed by atoms with Gasteiger partial charge in [-0.2, -0.15) is 0 Å². The van der Waals surface area contributed by atoms with Gasteiger partial charge in [0.25, 0.3) is 0 Å². The Morgan fingerprint density at radius 3 is 1.69 bits per heavy atom. The third-order valence-electron chi connectivity index (χ3n) is 0.403. The molecule has 0 unspecified atom stereocenters. The molecule has 4 nitrogen and oxygen atoms in total. The van der Waals surface area contributed by atoms with Crippen LogP contribution in [-0.4, -0.2) is 18.9 Å². The van der Waals surface area contributed by atoms with Crippen molar-refractivity contribution in [1.29, 1.82) is 0 Å². The van der Waals surface area contributed by atoms with E-state index < -0.39 is 18.9 Å². The predicted molar refractivity (Wildman–Crippen MR) is 20.8 cm³/mol. The third-order valence-corrected chi connectivity index (χ3v) is 0.403. The molecule has 0 radical (unpaired) electrons. The fourth-order valence-corrected chi connectivity index (χ4v) is 0.193. The van der Waals surface area contributed by atoms with E-state index in [0.717, 1.165) is 0 Å². The lowest BCUT2D eigenvalue weighted by Crippen LogP contribution is -2.23. The molecule has 0 N–H and O–H groups in total. The minimum absolute atomic E-state index is 2.26. The molecule has 0 aromatic heterocycles. The predicted octanol–water partition coefficient (Wildman–Crippen LogP) is 2.11. The molecule has 0 aliphatic carbocycles. The highest BCUT2D eigenvalue weighted by Gasteiger charge is 2.38. The maximum atomic E-state index is 11.1. The highest BCUT2D eigenvalue weighted by molar-refractivity contribution is 5.59. The molecule has 0 amide bonds. The highest BCUT2D eigenvalue weighted by Crippen LogP contribution is 2.20. The van der Waals surface area contributed by atoms with Crippen molar-refractivity contribution in [3.63, 3.8) is 0 Å². The standard InChI is InChI=1S/C3F6O4/c4-2(5,6)11-1(10)12-13-3(7,8)9. The van der Waals surface area contributed by atoms with Crippen LogP contribution in [0, 0.1) is 0 Å². The van der Waals surface area contributed by atoms with Crippen LogP contribution in [0.25, 0.3) is 0 Å². The molecular weight excluding hydrogens is 214 g/mol. The second kappa shape index (κ2) is 3.68. The first-order chi connectivity index (χ1) is 5.60. The number of carbonyl (C=O) groups excluding carboxylic acids is 1. The number of hydrogen-bond acceptors (Lipinski definition) is 4. The molecule has 0 aromatic rings. The summed E-state index contributed by atoms with van der Waals surface area (Å²) in [6, 6.07) is 0. The van der Waals surface area contributed by atoms with Gasteiger partial charge in [-0.25, -0.2) is 4.79 Å². The summed E-state index contributed by atoms with van der Waals surface area (Å²) in [5.74, 6) is 0. The summed E-state index contributed by atoms with van der Waals surface area (Å²) in [5.41, 5.74) is 0. The van der Waals surface area contributed by atoms with Gasteiger partial charge in [-0.3, -0.25) is 4.89 Å². The maximum absolute atomic E-state index is 11.1. The summed E-state index contributed by atoms with van der Waals surface area (Å²) >= 11 is 0. The number of ether oxygens (including phenoxy) is 1. The molecule has 0 aromatic carbocycles. The molecule has 78 valence electrons. The molecule has 0 spiro atoms. The zero-order valence-electron chi connectivity index (χ0n) is 5.40.